The third-order valence-corrected chi connectivity index (χ3v) is 13.4. The summed E-state index contributed by atoms with van der Waals surface area (Å²) in [6.45, 7) is 7.90. The maximum atomic E-state index is 13.8. The molecule has 4 aromatic rings. The molecule has 0 bridgehead atoms. The molecule has 11 heteroatoms. The lowest BCUT2D eigenvalue weighted by Crippen LogP contribution is -2.33. The third-order valence-electron chi connectivity index (χ3n) is 9.87. The first-order chi connectivity index (χ1) is 24.7. The topological polar surface area (TPSA) is 116 Å². The van der Waals surface area contributed by atoms with E-state index in [1.807, 2.05) is 42.5 Å². The first kappa shape index (κ1) is 34.9. The Balaban J connectivity index is 0.999. The molecule has 51 heavy (non-hydrogen) atoms. The van der Waals surface area contributed by atoms with Gasteiger partial charge in [0.1, 0.15) is 5.75 Å². The van der Waals surface area contributed by atoms with Crippen LogP contribution in [0.4, 0.5) is 5.13 Å². The molecule has 1 aromatic heterocycles. The highest BCUT2D eigenvalue weighted by atomic mass is 32.2. The maximum absolute atomic E-state index is 13.8. The van der Waals surface area contributed by atoms with Gasteiger partial charge < -0.3 is 20.1 Å². The summed E-state index contributed by atoms with van der Waals surface area (Å²) >= 11 is 4.69. The number of allylic oxidation sites excluding steroid dienone is 2. The van der Waals surface area contributed by atoms with E-state index >= 15 is 0 Å². The number of anilines is 1. The van der Waals surface area contributed by atoms with Gasteiger partial charge >= 0.3 is 5.97 Å². The Morgan fingerprint density at radius 1 is 1.10 bits per heavy atom. The number of thiazole rings is 1. The number of fused-ring (bicyclic) bond motifs is 2. The predicted octanol–water partition coefficient (Wildman–Crippen LogP) is 8.90. The molecule has 0 aliphatic carbocycles. The second-order valence-electron chi connectivity index (χ2n) is 13.0. The number of aromatic nitrogens is 1. The van der Waals surface area contributed by atoms with Crippen molar-refractivity contribution in [2.24, 2.45) is 5.92 Å². The Kier molecular flexibility index (Phi) is 10.3. The first-order valence-electron chi connectivity index (χ1n) is 17.1. The molecule has 7 rings (SSSR count). The van der Waals surface area contributed by atoms with Crippen molar-refractivity contribution in [3.05, 3.63) is 121 Å². The van der Waals surface area contributed by atoms with E-state index in [2.05, 4.69) is 71.7 Å². The number of nitriles is 1. The summed E-state index contributed by atoms with van der Waals surface area (Å²) in [5, 5.41) is 26.6. The predicted molar refractivity (Wildman–Crippen MR) is 206 cm³/mol. The van der Waals surface area contributed by atoms with Crippen LogP contribution in [0.25, 0.3) is 5.57 Å². The lowest BCUT2D eigenvalue weighted by Gasteiger charge is -2.30. The number of aromatic carboxylic acids is 1. The van der Waals surface area contributed by atoms with Crippen LogP contribution in [0.3, 0.4) is 0 Å². The Bertz CT molecular complexity index is 2100. The van der Waals surface area contributed by atoms with E-state index in [0.717, 1.165) is 49.9 Å². The molecule has 0 radical (unpaired) electrons. The smallest absolute Gasteiger partial charge is 0.355 e. The molecule has 0 spiro atoms. The molecule has 2 N–H and O–H groups in total. The number of amides is 1. The zero-order valence-corrected chi connectivity index (χ0v) is 31.1. The van der Waals surface area contributed by atoms with Crippen LogP contribution >= 0.6 is 34.9 Å². The number of nitrogens with one attached hydrogen (secondary N) is 1. The largest absolute Gasteiger partial charge is 0.494 e. The number of hydrogen-bond donors (Lipinski definition) is 2. The van der Waals surface area contributed by atoms with Gasteiger partial charge in [-0.15, -0.1) is 23.1 Å². The van der Waals surface area contributed by atoms with Gasteiger partial charge in [-0.3, -0.25) is 4.79 Å². The van der Waals surface area contributed by atoms with E-state index < -0.39 is 5.97 Å². The van der Waals surface area contributed by atoms with Crippen molar-refractivity contribution in [3.63, 3.8) is 0 Å². The lowest BCUT2D eigenvalue weighted by atomic mass is 9.93. The summed E-state index contributed by atoms with van der Waals surface area (Å²) in [6, 6.07) is 24.4. The molecular weight excluding hydrogens is 697 g/mol. The van der Waals surface area contributed by atoms with Gasteiger partial charge in [-0.2, -0.15) is 5.26 Å². The van der Waals surface area contributed by atoms with Gasteiger partial charge in [-0.25, -0.2) is 9.78 Å². The van der Waals surface area contributed by atoms with Crippen LogP contribution in [0.2, 0.25) is 0 Å². The second-order valence-corrected chi connectivity index (χ2v) is 16.4. The standard InChI is InChI=1S/C40H38N4O4S3/c1-23-24(2)38(50-34-11-5-4-9-29(23)34)43-37(45)30-10-6-8-26-17-18-44(21-32(26)30)40-42-36(39(46)47)35(51-40)12-7-19-48-28-15-13-27(14-16-28)33-22-49-25(3)31(33)20-41/h4-6,8-11,13-16,22-23,25,31H,7,12,17-19,21H2,1-3H3,(H,43,45)(H,46,47). The quantitative estimate of drug-likeness (QED) is 0.154. The number of carboxylic acids is 1. The highest BCUT2D eigenvalue weighted by Crippen LogP contribution is 2.44. The number of hydrogen-bond acceptors (Lipinski definition) is 9. The number of nitrogens with zero attached hydrogens (tertiary/aromatic N) is 3. The molecule has 0 saturated carbocycles. The number of carbonyl (C=O) groups is 2. The van der Waals surface area contributed by atoms with Crippen LogP contribution in [0.5, 0.6) is 5.75 Å². The molecule has 3 aliphatic rings. The number of carboxylic acid groups (broad SMARTS) is 1. The van der Waals surface area contributed by atoms with Crippen LogP contribution in [0.15, 0.2) is 87.6 Å². The molecule has 4 heterocycles. The van der Waals surface area contributed by atoms with E-state index in [1.54, 1.807) is 23.5 Å². The minimum atomic E-state index is -1.05. The molecule has 0 saturated heterocycles. The summed E-state index contributed by atoms with van der Waals surface area (Å²) in [5.74, 6) is -0.365. The number of thioether (sulfide) groups is 2. The normalized spacial score (nSPS) is 19.5. The van der Waals surface area contributed by atoms with E-state index in [0.29, 0.717) is 48.1 Å². The summed E-state index contributed by atoms with van der Waals surface area (Å²) in [7, 11) is 0. The van der Waals surface area contributed by atoms with E-state index in [9.17, 15) is 20.0 Å². The van der Waals surface area contributed by atoms with Crippen molar-refractivity contribution in [2.45, 2.75) is 62.6 Å². The maximum Gasteiger partial charge on any atom is 0.355 e. The number of ether oxygens (including phenoxy) is 1. The SMILES string of the molecule is CC1=C(NC(=O)c2cccc3c2CN(c2nc(C(=O)O)c(CCCOc4ccc(C5=CSC(C)C5C#N)cc4)s2)CC3)Sc2ccccc2C1C. The van der Waals surface area contributed by atoms with Gasteiger partial charge in [0.2, 0.25) is 0 Å². The summed E-state index contributed by atoms with van der Waals surface area (Å²) in [6.07, 6.45) is 1.88. The number of benzene rings is 3. The summed E-state index contributed by atoms with van der Waals surface area (Å²) in [4.78, 5) is 34.6. The van der Waals surface area contributed by atoms with Gasteiger partial charge in [-0.1, -0.05) is 68.1 Å². The Morgan fingerprint density at radius 2 is 1.90 bits per heavy atom. The van der Waals surface area contributed by atoms with Crippen LogP contribution in [0, 0.1) is 17.2 Å². The second kappa shape index (κ2) is 15.0. The van der Waals surface area contributed by atoms with Crippen molar-refractivity contribution in [1.29, 1.82) is 5.26 Å². The van der Waals surface area contributed by atoms with Gasteiger partial charge in [0.05, 0.1) is 23.6 Å². The highest BCUT2D eigenvalue weighted by Gasteiger charge is 2.30. The molecule has 8 nitrogen and oxygen atoms in total. The van der Waals surface area contributed by atoms with E-state index in [1.165, 1.54) is 16.9 Å². The zero-order valence-electron chi connectivity index (χ0n) is 28.6. The van der Waals surface area contributed by atoms with Crippen LogP contribution < -0.4 is 15.0 Å². The molecule has 3 aliphatic heterocycles. The van der Waals surface area contributed by atoms with Crippen molar-refractivity contribution in [2.75, 3.05) is 18.1 Å². The number of aryl methyl sites for hydroxylation is 1. The minimum absolute atomic E-state index is 0.0753. The fourth-order valence-electron chi connectivity index (χ4n) is 6.79. The van der Waals surface area contributed by atoms with Crippen molar-refractivity contribution >= 4 is 57.4 Å². The Hall–Kier alpha value is -4.50. The summed E-state index contributed by atoms with van der Waals surface area (Å²) in [5.41, 5.74) is 7.26. The van der Waals surface area contributed by atoms with Gasteiger partial charge in [-0.05, 0) is 89.3 Å². The summed E-state index contributed by atoms with van der Waals surface area (Å²) < 4.78 is 6.00. The van der Waals surface area contributed by atoms with Crippen LogP contribution in [-0.2, 0) is 19.4 Å². The molecule has 1 amide bonds. The van der Waals surface area contributed by atoms with Crippen molar-refractivity contribution in [1.82, 2.24) is 10.3 Å². The monoisotopic (exact) mass is 734 g/mol. The van der Waals surface area contributed by atoms with Gasteiger partial charge in [0, 0.05) is 39.6 Å². The molecule has 260 valence electrons. The van der Waals surface area contributed by atoms with Gasteiger partial charge in [0.15, 0.2) is 10.8 Å². The minimum Gasteiger partial charge on any atom is -0.494 e. The van der Waals surface area contributed by atoms with Gasteiger partial charge in [0.25, 0.3) is 5.91 Å². The number of carbonyl (C=O) groups excluding carboxylic acids is 1. The highest BCUT2D eigenvalue weighted by molar-refractivity contribution is 8.03. The van der Waals surface area contributed by atoms with E-state index in [-0.39, 0.29) is 28.7 Å². The average Bonchev–Trinajstić information content (AvgIpc) is 3.75. The fourth-order valence-corrected chi connectivity index (χ4v) is 10.1. The first-order valence-corrected chi connectivity index (χ1v) is 19.7. The average molecular weight is 735 g/mol. The zero-order chi connectivity index (χ0) is 35.6. The number of rotatable bonds is 10. The van der Waals surface area contributed by atoms with Crippen LogP contribution in [-0.4, -0.2) is 40.4 Å². The van der Waals surface area contributed by atoms with Crippen molar-refractivity contribution in [3.8, 4) is 11.8 Å². The molecule has 3 unspecified atom stereocenters. The molecule has 3 aromatic carbocycles. The van der Waals surface area contributed by atoms with Crippen molar-refractivity contribution < 1.29 is 19.4 Å². The Labute approximate surface area is 310 Å². The van der Waals surface area contributed by atoms with E-state index in [4.69, 9.17) is 4.74 Å². The fraction of sp³-hybridized carbons (Fsp3) is 0.300. The lowest BCUT2D eigenvalue weighted by molar-refractivity contribution is 0.0689. The third kappa shape index (κ3) is 7.18. The van der Waals surface area contributed by atoms with Crippen LogP contribution in [0.1, 0.15) is 81.1 Å². The molecule has 3 atom stereocenters. The Morgan fingerprint density at radius 3 is 2.69 bits per heavy atom. The molecule has 0 fully saturated rings. The molecular formula is C40H38N4O4S3.